The van der Waals surface area contributed by atoms with Crippen LogP contribution in [-0.4, -0.2) is 30.4 Å². The van der Waals surface area contributed by atoms with Crippen molar-refractivity contribution in [1.29, 1.82) is 0 Å². The number of nitrogens with one attached hydrogen (secondary N) is 1. The van der Waals surface area contributed by atoms with Crippen molar-refractivity contribution in [2.24, 2.45) is 0 Å². The molecule has 0 saturated carbocycles. The summed E-state index contributed by atoms with van der Waals surface area (Å²) in [5.41, 5.74) is 0.667. The van der Waals surface area contributed by atoms with Crippen molar-refractivity contribution < 1.29 is 13.6 Å². The maximum absolute atomic E-state index is 13.2. The van der Waals surface area contributed by atoms with Crippen LogP contribution in [0.1, 0.15) is 32.3 Å². The molecule has 0 bridgehead atoms. The molecule has 0 aromatic heterocycles. The summed E-state index contributed by atoms with van der Waals surface area (Å²) >= 11 is 0. The van der Waals surface area contributed by atoms with Gasteiger partial charge in [0.1, 0.15) is 0 Å². The van der Waals surface area contributed by atoms with Gasteiger partial charge in [-0.1, -0.05) is 19.9 Å². The summed E-state index contributed by atoms with van der Waals surface area (Å²) in [4.78, 5) is 13.6. The van der Waals surface area contributed by atoms with Gasteiger partial charge >= 0.3 is 0 Å². The van der Waals surface area contributed by atoms with Gasteiger partial charge in [0, 0.05) is 13.1 Å². The summed E-state index contributed by atoms with van der Waals surface area (Å²) in [6.45, 7) is 6.10. The van der Waals surface area contributed by atoms with Gasteiger partial charge in [0.25, 0.3) is 0 Å². The maximum Gasteiger partial charge on any atom is 0.234 e. The van der Waals surface area contributed by atoms with E-state index in [1.807, 2.05) is 18.7 Å². The second-order valence-corrected chi connectivity index (χ2v) is 4.81. The van der Waals surface area contributed by atoms with Crippen LogP contribution in [0.2, 0.25) is 0 Å². The zero-order chi connectivity index (χ0) is 15.0. The molecule has 3 nitrogen and oxygen atoms in total. The van der Waals surface area contributed by atoms with Crippen LogP contribution in [0, 0.1) is 11.6 Å². The first-order valence-corrected chi connectivity index (χ1v) is 6.99. The zero-order valence-electron chi connectivity index (χ0n) is 12.1. The van der Waals surface area contributed by atoms with Crippen molar-refractivity contribution >= 4 is 5.91 Å². The first-order chi connectivity index (χ1) is 9.56. The van der Waals surface area contributed by atoms with E-state index in [1.165, 1.54) is 6.07 Å². The van der Waals surface area contributed by atoms with Crippen LogP contribution < -0.4 is 5.32 Å². The predicted octanol–water partition coefficient (Wildman–Crippen LogP) is 2.70. The summed E-state index contributed by atoms with van der Waals surface area (Å²) < 4.78 is 26.1. The molecule has 0 unspecified atom stereocenters. The van der Waals surface area contributed by atoms with Gasteiger partial charge in [-0.05, 0) is 37.1 Å². The van der Waals surface area contributed by atoms with E-state index in [-0.39, 0.29) is 12.5 Å². The van der Waals surface area contributed by atoms with Crippen molar-refractivity contribution in [3.05, 3.63) is 35.4 Å². The molecule has 0 fully saturated rings. The molecule has 0 aliphatic carbocycles. The highest BCUT2D eigenvalue weighted by atomic mass is 19.2. The molecule has 1 rings (SSSR count). The molecule has 1 N–H and O–H groups in total. The largest absolute Gasteiger partial charge is 0.355 e. The summed E-state index contributed by atoms with van der Waals surface area (Å²) in [7, 11) is 0. The number of halogens is 2. The number of hydrogen-bond donors (Lipinski definition) is 1. The molecular weight excluding hydrogens is 262 g/mol. The van der Waals surface area contributed by atoms with Gasteiger partial charge in [-0.2, -0.15) is 0 Å². The molecule has 0 spiro atoms. The van der Waals surface area contributed by atoms with Crippen molar-refractivity contribution in [3.8, 4) is 0 Å². The lowest BCUT2D eigenvalue weighted by Crippen LogP contribution is -2.37. The molecule has 20 heavy (non-hydrogen) atoms. The highest BCUT2D eigenvalue weighted by Gasteiger charge is 2.11. The highest BCUT2D eigenvalue weighted by molar-refractivity contribution is 5.77. The maximum atomic E-state index is 13.2. The van der Waals surface area contributed by atoms with Gasteiger partial charge in [0.15, 0.2) is 11.6 Å². The molecule has 5 heteroatoms. The Balaban J connectivity index is 2.61. The number of carbonyl (C=O) groups is 1. The fourth-order valence-corrected chi connectivity index (χ4v) is 1.95. The molecule has 0 radical (unpaired) electrons. The van der Waals surface area contributed by atoms with Crippen LogP contribution in [-0.2, 0) is 11.3 Å². The Labute approximate surface area is 119 Å². The third-order valence-electron chi connectivity index (χ3n) is 2.87. The van der Waals surface area contributed by atoms with E-state index in [1.54, 1.807) is 6.07 Å². The van der Waals surface area contributed by atoms with Crippen molar-refractivity contribution in [1.82, 2.24) is 10.2 Å². The number of hydrogen-bond acceptors (Lipinski definition) is 2. The standard InChI is InChI=1S/C15H22F2N2O/c1-3-7-18-15(20)11-19(8-4-2)10-12-5-6-13(16)14(17)9-12/h5-6,9H,3-4,7-8,10-11H2,1-2H3,(H,18,20). The third kappa shape index (κ3) is 5.65. The van der Waals surface area contributed by atoms with Crippen molar-refractivity contribution in [3.63, 3.8) is 0 Å². The second-order valence-electron chi connectivity index (χ2n) is 4.81. The monoisotopic (exact) mass is 284 g/mol. The summed E-state index contributed by atoms with van der Waals surface area (Å²) in [6.07, 6.45) is 1.79. The van der Waals surface area contributed by atoms with Gasteiger partial charge in [-0.15, -0.1) is 0 Å². The fourth-order valence-electron chi connectivity index (χ4n) is 1.95. The quantitative estimate of drug-likeness (QED) is 0.796. The topological polar surface area (TPSA) is 32.3 Å². The molecule has 0 atom stereocenters. The van der Waals surface area contributed by atoms with Crippen LogP contribution in [0.3, 0.4) is 0 Å². The minimum absolute atomic E-state index is 0.0390. The van der Waals surface area contributed by atoms with E-state index >= 15 is 0 Å². The molecule has 1 aromatic rings. The first kappa shape index (κ1) is 16.6. The summed E-state index contributed by atoms with van der Waals surface area (Å²) in [6, 6.07) is 3.85. The lowest BCUT2D eigenvalue weighted by atomic mass is 10.2. The number of carbonyl (C=O) groups excluding carboxylic acids is 1. The summed E-state index contributed by atoms with van der Waals surface area (Å²) in [5, 5.41) is 2.81. The van der Waals surface area contributed by atoms with E-state index in [0.29, 0.717) is 18.7 Å². The number of rotatable bonds is 8. The molecule has 0 aliphatic heterocycles. The van der Waals surface area contributed by atoms with Crippen molar-refractivity contribution in [2.75, 3.05) is 19.6 Å². The highest BCUT2D eigenvalue weighted by Crippen LogP contribution is 2.11. The van der Waals surface area contributed by atoms with E-state index in [2.05, 4.69) is 5.32 Å². The van der Waals surface area contributed by atoms with E-state index < -0.39 is 11.6 Å². The van der Waals surface area contributed by atoms with Crippen LogP contribution in [0.4, 0.5) is 8.78 Å². The molecular formula is C15H22F2N2O. The van der Waals surface area contributed by atoms with Gasteiger partial charge in [0.05, 0.1) is 6.54 Å². The molecule has 0 aliphatic rings. The fraction of sp³-hybridized carbons (Fsp3) is 0.533. The molecule has 1 amide bonds. The third-order valence-corrected chi connectivity index (χ3v) is 2.87. The minimum Gasteiger partial charge on any atom is -0.355 e. The number of amides is 1. The molecule has 1 aromatic carbocycles. The Hall–Kier alpha value is -1.49. The average molecular weight is 284 g/mol. The molecule has 0 saturated heterocycles. The molecule has 0 heterocycles. The Bertz CT molecular complexity index is 438. The second kappa shape index (κ2) is 8.64. The van der Waals surface area contributed by atoms with Crippen LogP contribution in [0.25, 0.3) is 0 Å². The predicted molar refractivity (Wildman–Crippen MR) is 75.2 cm³/mol. The van der Waals surface area contributed by atoms with Gasteiger partial charge in [-0.25, -0.2) is 8.78 Å². The van der Waals surface area contributed by atoms with E-state index in [4.69, 9.17) is 0 Å². The first-order valence-electron chi connectivity index (χ1n) is 6.99. The number of nitrogens with zero attached hydrogens (tertiary/aromatic N) is 1. The van der Waals surface area contributed by atoms with Gasteiger partial charge < -0.3 is 5.32 Å². The summed E-state index contributed by atoms with van der Waals surface area (Å²) in [5.74, 6) is -1.74. The Kier molecular flexibility index (Phi) is 7.15. The molecule has 112 valence electrons. The average Bonchev–Trinajstić information content (AvgIpc) is 2.41. The SMILES string of the molecule is CCCNC(=O)CN(CCC)Cc1ccc(F)c(F)c1. The lowest BCUT2D eigenvalue weighted by Gasteiger charge is -2.21. The normalized spacial score (nSPS) is 10.8. The Morgan fingerprint density at radius 2 is 1.95 bits per heavy atom. The number of benzene rings is 1. The van der Waals surface area contributed by atoms with Gasteiger partial charge in [-0.3, -0.25) is 9.69 Å². The van der Waals surface area contributed by atoms with Gasteiger partial charge in [0.2, 0.25) is 5.91 Å². The Morgan fingerprint density at radius 1 is 1.20 bits per heavy atom. The van der Waals surface area contributed by atoms with Crippen LogP contribution >= 0.6 is 0 Å². The van der Waals surface area contributed by atoms with E-state index in [9.17, 15) is 13.6 Å². The Morgan fingerprint density at radius 3 is 2.55 bits per heavy atom. The van der Waals surface area contributed by atoms with E-state index in [0.717, 1.165) is 25.5 Å². The van der Waals surface area contributed by atoms with Crippen LogP contribution in [0.15, 0.2) is 18.2 Å². The smallest absolute Gasteiger partial charge is 0.234 e. The lowest BCUT2D eigenvalue weighted by molar-refractivity contribution is -0.122. The van der Waals surface area contributed by atoms with Crippen LogP contribution in [0.5, 0.6) is 0 Å². The minimum atomic E-state index is -0.852. The van der Waals surface area contributed by atoms with Crippen molar-refractivity contribution in [2.45, 2.75) is 33.2 Å². The zero-order valence-corrected chi connectivity index (χ0v) is 12.1.